The second-order valence-corrected chi connectivity index (χ2v) is 4.57. The van der Waals surface area contributed by atoms with Crippen LogP contribution in [-0.4, -0.2) is 35.2 Å². The van der Waals surface area contributed by atoms with Crippen LogP contribution < -0.4 is 5.73 Å². The van der Waals surface area contributed by atoms with Crippen molar-refractivity contribution < 1.29 is 9.59 Å². The van der Waals surface area contributed by atoms with Gasteiger partial charge in [0.15, 0.2) is 0 Å². The van der Waals surface area contributed by atoms with Crippen LogP contribution >= 0.6 is 0 Å². The quantitative estimate of drug-likeness (QED) is 0.639. The first kappa shape index (κ1) is 10.6. The third-order valence-electron chi connectivity index (χ3n) is 3.58. The second kappa shape index (κ2) is 4.31. The zero-order valence-corrected chi connectivity index (χ0v) is 8.89. The molecular formula is C11H18N2O2. The summed E-state index contributed by atoms with van der Waals surface area (Å²) in [4.78, 5) is 24.6. The van der Waals surface area contributed by atoms with Gasteiger partial charge in [-0.1, -0.05) is 12.8 Å². The normalized spacial score (nSPS) is 37.0. The number of nitrogens with zero attached hydrogens (tertiary/aromatic N) is 1. The molecule has 3 unspecified atom stereocenters. The maximum absolute atomic E-state index is 12.0. The molecule has 3 atom stereocenters. The smallest absolute Gasteiger partial charge is 0.240 e. The Bertz CT molecular complexity index is 267. The first-order chi connectivity index (χ1) is 7.24. The maximum Gasteiger partial charge on any atom is 0.240 e. The second-order valence-electron chi connectivity index (χ2n) is 4.57. The summed E-state index contributed by atoms with van der Waals surface area (Å²) in [5.74, 6) is -0.0192. The van der Waals surface area contributed by atoms with Crippen LogP contribution in [0.25, 0.3) is 0 Å². The van der Waals surface area contributed by atoms with Crippen molar-refractivity contribution >= 4 is 12.2 Å². The molecule has 2 aliphatic rings. The van der Waals surface area contributed by atoms with Crippen molar-refractivity contribution in [1.29, 1.82) is 0 Å². The monoisotopic (exact) mass is 210 g/mol. The lowest BCUT2D eigenvalue weighted by Gasteiger charge is -2.32. The van der Waals surface area contributed by atoms with Gasteiger partial charge in [-0.2, -0.15) is 0 Å². The van der Waals surface area contributed by atoms with E-state index in [1.807, 2.05) is 0 Å². The van der Waals surface area contributed by atoms with Crippen LogP contribution in [0.3, 0.4) is 0 Å². The van der Waals surface area contributed by atoms with E-state index in [1.54, 1.807) is 4.90 Å². The molecule has 15 heavy (non-hydrogen) atoms. The highest BCUT2D eigenvalue weighted by Gasteiger charge is 2.38. The van der Waals surface area contributed by atoms with Gasteiger partial charge in [-0.05, 0) is 25.7 Å². The molecular weight excluding hydrogens is 192 g/mol. The minimum atomic E-state index is -0.395. The first-order valence-electron chi connectivity index (χ1n) is 5.77. The largest absolute Gasteiger partial charge is 0.329 e. The first-order valence-corrected chi connectivity index (χ1v) is 5.77. The zero-order chi connectivity index (χ0) is 10.8. The molecule has 2 heterocycles. The van der Waals surface area contributed by atoms with E-state index in [0.717, 1.165) is 44.8 Å². The number of hydrogen-bond acceptors (Lipinski definition) is 3. The number of aldehydes is 1. The average molecular weight is 210 g/mol. The predicted molar refractivity (Wildman–Crippen MR) is 56.2 cm³/mol. The van der Waals surface area contributed by atoms with Crippen LogP contribution in [0.4, 0.5) is 0 Å². The van der Waals surface area contributed by atoms with Gasteiger partial charge >= 0.3 is 0 Å². The van der Waals surface area contributed by atoms with Crippen molar-refractivity contribution in [2.75, 3.05) is 0 Å². The third kappa shape index (κ3) is 1.91. The molecule has 2 aliphatic heterocycles. The van der Waals surface area contributed by atoms with E-state index in [-0.39, 0.29) is 18.0 Å². The lowest BCUT2D eigenvalue weighted by Crippen LogP contribution is -2.50. The Morgan fingerprint density at radius 3 is 2.67 bits per heavy atom. The Hall–Kier alpha value is -0.900. The number of amides is 1. The molecule has 0 radical (unpaired) electrons. The molecule has 0 saturated carbocycles. The summed E-state index contributed by atoms with van der Waals surface area (Å²) in [5, 5.41) is 0. The molecule has 0 spiro atoms. The molecule has 2 saturated heterocycles. The fraction of sp³-hybridized carbons (Fsp3) is 0.818. The molecule has 0 aliphatic carbocycles. The highest BCUT2D eigenvalue weighted by molar-refractivity contribution is 5.85. The van der Waals surface area contributed by atoms with Crippen molar-refractivity contribution in [2.45, 2.75) is 56.7 Å². The van der Waals surface area contributed by atoms with E-state index in [0.29, 0.717) is 0 Å². The summed E-state index contributed by atoms with van der Waals surface area (Å²) >= 11 is 0. The Kier molecular flexibility index (Phi) is 3.05. The highest BCUT2D eigenvalue weighted by atomic mass is 16.2. The van der Waals surface area contributed by atoms with Gasteiger partial charge in [-0.3, -0.25) is 4.79 Å². The van der Waals surface area contributed by atoms with Crippen LogP contribution in [-0.2, 0) is 9.59 Å². The van der Waals surface area contributed by atoms with Crippen LogP contribution in [0.15, 0.2) is 0 Å². The molecule has 2 N–H and O–H groups in total. The van der Waals surface area contributed by atoms with Crippen LogP contribution in [0, 0.1) is 0 Å². The third-order valence-corrected chi connectivity index (χ3v) is 3.58. The number of carbonyl (C=O) groups excluding carboxylic acids is 2. The minimum absolute atomic E-state index is 0.0192. The summed E-state index contributed by atoms with van der Waals surface area (Å²) in [6, 6.07) is -0.348. The Labute approximate surface area is 89.8 Å². The minimum Gasteiger partial charge on any atom is -0.329 e. The van der Waals surface area contributed by atoms with Gasteiger partial charge in [0.2, 0.25) is 5.91 Å². The summed E-state index contributed by atoms with van der Waals surface area (Å²) < 4.78 is 0. The molecule has 2 fully saturated rings. The fourth-order valence-electron chi connectivity index (χ4n) is 2.73. The summed E-state index contributed by atoms with van der Waals surface area (Å²) in [7, 11) is 0. The van der Waals surface area contributed by atoms with Crippen molar-refractivity contribution in [1.82, 2.24) is 4.90 Å². The summed E-state index contributed by atoms with van der Waals surface area (Å²) in [6.07, 6.45) is 6.61. The van der Waals surface area contributed by atoms with Crippen LogP contribution in [0.2, 0.25) is 0 Å². The van der Waals surface area contributed by atoms with Crippen molar-refractivity contribution in [3.05, 3.63) is 0 Å². The molecule has 0 bridgehead atoms. The van der Waals surface area contributed by atoms with Crippen molar-refractivity contribution in [2.24, 2.45) is 5.73 Å². The topological polar surface area (TPSA) is 63.4 Å². The lowest BCUT2D eigenvalue weighted by atomic mass is 9.99. The van der Waals surface area contributed by atoms with Crippen LogP contribution in [0.5, 0.6) is 0 Å². The highest BCUT2D eigenvalue weighted by Crippen LogP contribution is 2.29. The number of rotatable bonds is 1. The standard InChI is InChI=1S/C11H18N2O2/c12-10-4-2-1-3-8-5-6-9(7-14)13(8)11(10)15/h7-10H,1-6,12H2. The van der Waals surface area contributed by atoms with E-state index < -0.39 is 6.04 Å². The van der Waals surface area contributed by atoms with Gasteiger partial charge in [0, 0.05) is 6.04 Å². The average Bonchev–Trinajstić information content (AvgIpc) is 2.63. The van der Waals surface area contributed by atoms with E-state index in [9.17, 15) is 9.59 Å². The Morgan fingerprint density at radius 1 is 1.20 bits per heavy atom. The van der Waals surface area contributed by atoms with Gasteiger partial charge in [-0.15, -0.1) is 0 Å². The molecule has 4 nitrogen and oxygen atoms in total. The molecule has 2 rings (SSSR count). The van der Waals surface area contributed by atoms with E-state index >= 15 is 0 Å². The molecule has 84 valence electrons. The van der Waals surface area contributed by atoms with Gasteiger partial charge < -0.3 is 15.4 Å². The SMILES string of the molecule is NC1CCCCC2CCC(C=O)N2C1=O. The molecule has 0 aromatic carbocycles. The lowest BCUT2D eigenvalue weighted by molar-refractivity contribution is -0.138. The van der Waals surface area contributed by atoms with E-state index in [4.69, 9.17) is 5.73 Å². The predicted octanol–water partition coefficient (Wildman–Crippen LogP) is 0.446. The molecule has 0 aromatic rings. The summed E-state index contributed by atoms with van der Waals surface area (Å²) in [5.41, 5.74) is 5.81. The number of fused-ring (bicyclic) bond motifs is 1. The Morgan fingerprint density at radius 2 is 1.93 bits per heavy atom. The Balaban J connectivity index is 2.18. The van der Waals surface area contributed by atoms with Crippen molar-refractivity contribution in [3.8, 4) is 0 Å². The van der Waals surface area contributed by atoms with Gasteiger partial charge in [0.25, 0.3) is 0 Å². The summed E-state index contributed by atoms with van der Waals surface area (Å²) in [6.45, 7) is 0. The van der Waals surface area contributed by atoms with Crippen LogP contribution in [0.1, 0.15) is 38.5 Å². The fourth-order valence-corrected chi connectivity index (χ4v) is 2.73. The number of nitrogens with two attached hydrogens (primary N) is 1. The van der Waals surface area contributed by atoms with Gasteiger partial charge in [-0.25, -0.2) is 0 Å². The molecule has 4 heteroatoms. The van der Waals surface area contributed by atoms with E-state index in [2.05, 4.69) is 0 Å². The molecule has 0 aromatic heterocycles. The zero-order valence-electron chi connectivity index (χ0n) is 8.89. The molecule has 1 amide bonds. The van der Waals surface area contributed by atoms with Crippen molar-refractivity contribution in [3.63, 3.8) is 0 Å². The number of carbonyl (C=O) groups is 2. The van der Waals surface area contributed by atoms with E-state index in [1.165, 1.54) is 0 Å². The maximum atomic E-state index is 12.0. The number of hydrogen-bond donors (Lipinski definition) is 1. The van der Waals surface area contributed by atoms with Gasteiger partial charge in [0.05, 0.1) is 12.1 Å². The van der Waals surface area contributed by atoms with Gasteiger partial charge in [0.1, 0.15) is 6.29 Å².